The molecule has 0 aliphatic heterocycles. The lowest BCUT2D eigenvalue weighted by molar-refractivity contribution is 0.0577. The van der Waals surface area contributed by atoms with Crippen molar-refractivity contribution in [1.29, 1.82) is 0 Å². The maximum atomic E-state index is 13.7. The van der Waals surface area contributed by atoms with Gasteiger partial charge in [0, 0.05) is 22.8 Å². The number of aromatic nitrogens is 4. The lowest BCUT2D eigenvalue weighted by Crippen LogP contribution is -2.38. The number of oxazole rings is 1. The summed E-state index contributed by atoms with van der Waals surface area (Å²) in [4.78, 5) is 35.9. The van der Waals surface area contributed by atoms with Gasteiger partial charge in [0.05, 0.1) is 17.6 Å². The van der Waals surface area contributed by atoms with E-state index in [9.17, 15) is 18.4 Å². The van der Waals surface area contributed by atoms with E-state index in [0.717, 1.165) is 23.6 Å². The summed E-state index contributed by atoms with van der Waals surface area (Å²) in [6.45, 7) is 5.84. The quantitative estimate of drug-likeness (QED) is 0.223. The number of carbonyl (C=O) groups is 2. The summed E-state index contributed by atoms with van der Waals surface area (Å²) < 4.78 is 40.6. The van der Waals surface area contributed by atoms with Gasteiger partial charge in [0.2, 0.25) is 5.89 Å². The molecule has 13 heteroatoms. The molecule has 41 heavy (non-hydrogen) atoms. The Labute approximate surface area is 242 Å². The van der Waals surface area contributed by atoms with Gasteiger partial charge in [-0.3, -0.25) is 9.69 Å². The zero-order valence-corrected chi connectivity index (χ0v) is 24.1. The number of anilines is 2. The highest BCUT2D eigenvalue weighted by atomic mass is 79.9. The largest absolute Gasteiger partial charge is 0.444 e. The van der Waals surface area contributed by atoms with Crippen LogP contribution in [0.3, 0.4) is 0 Å². The lowest BCUT2D eigenvalue weighted by Gasteiger charge is -2.27. The minimum absolute atomic E-state index is 0.0917. The van der Waals surface area contributed by atoms with Crippen LogP contribution in [0.4, 0.5) is 25.1 Å². The monoisotopic (exact) mass is 628 g/mol. The number of pyridine rings is 1. The third-order valence-corrected chi connectivity index (χ3v) is 6.57. The smallest absolute Gasteiger partial charge is 0.416 e. The number of carbonyl (C=O) groups excluding carboxylic acids is 2. The molecule has 1 aliphatic rings. The van der Waals surface area contributed by atoms with E-state index in [1.165, 1.54) is 22.0 Å². The summed E-state index contributed by atoms with van der Waals surface area (Å²) in [5, 5.41) is 6.39. The van der Waals surface area contributed by atoms with Gasteiger partial charge in [-0.05, 0) is 75.9 Å². The Balaban J connectivity index is 1.35. The van der Waals surface area contributed by atoms with Crippen LogP contribution < -0.4 is 10.2 Å². The fourth-order valence-electron chi connectivity index (χ4n) is 3.90. The van der Waals surface area contributed by atoms with Crippen LogP contribution in [0.5, 0.6) is 0 Å². The number of hydrogen-bond acceptors (Lipinski definition) is 7. The van der Waals surface area contributed by atoms with Gasteiger partial charge in [0.25, 0.3) is 12.3 Å². The predicted octanol–water partition coefficient (Wildman–Crippen LogP) is 7.03. The van der Waals surface area contributed by atoms with Gasteiger partial charge in [-0.2, -0.15) is 5.10 Å². The second-order valence-corrected chi connectivity index (χ2v) is 11.5. The third-order valence-electron chi connectivity index (χ3n) is 6.05. The number of nitrogens with one attached hydrogen (secondary N) is 1. The minimum Gasteiger partial charge on any atom is -0.444 e. The third kappa shape index (κ3) is 6.96. The Bertz CT molecular complexity index is 1560. The molecule has 1 aromatic carbocycles. The molecule has 1 saturated carbocycles. The van der Waals surface area contributed by atoms with Crippen LogP contribution >= 0.6 is 15.9 Å². The van der Waals surface area contributed by atoms with Crippen LogP contribution in [0.1, 0.15) is 56.2 Å². The molecule has 0 bridgehead atoms. The minimum atomic E-state index is -2.92. The van der Waals surface area contributed by atoms with Gasteiger partial charge in [-0.15, -0.1) is 0 Å². The second-order valence-electron chi connectivity index (χ2n) is 10.6. The highest BCUT2D eigenvalue weighted by Gasteiger charge is 2.31. The molecular weight excluding hydrogens is 602 g/mol. The van der Waals surface area contributed by atoms with Gasteiger partial charge in [0.1, 0.15) is 17.7 Å². The standard InChI is InChI=1S/C28H27BrF2N6O4/c1-28(2,3)41-27(39)36(13-16-4-5-16)22-12-17(10-11-32-22)26-34-21(15-40-26)25(38)33-20-14-37(35-23(20)24(30)31)19-8-6-18(29)7-9-19/h6-12,14-16,24H,4-5,13H2,1-3H3,(H,33,38). The van der Waals surface area contributed by atoms with Gasteiger partial charge in [-0.1, -0.05) is 15.9 Å². The van der Waals surface area contributed by atoms with Crippen molar-refractivity contribution < 1.29 is 27.5 Å². The van der Waals surface area contributed by atoms with E-state index in [2.05, 4.69) is 36.3 Å². The molecule has 2 amide bonds. The summed E-state index contributed by atoms with van der Waals surface area (Å²) in [6, 6.07) is 10.1. The van der Waals surface area contributed by atoms with Crippen molar-refractivity contribution in [2.75, 3.05) is 16.8 Å². The number of rotatable bonds is 8. The summed E-state index contributed by atoms with van der Waals surface area (Å²) in [5.41, 5.74) is -0.541. The zero-order chi connectivity index (χ0) is 29.3. The molecule has 0 saturated heterocycles. The lowest BCUT2D eigenvalue weighted by atomic mass is 10.2. The van der Waals surface area contributed by atoms with Crippen molar-refractivity contribution in [3.05, 3.63) is 70.9 Å². The Kier molecular flexibility index (Phi) is 7.89. The Hall–Kier alpha value is -4.13. The van der Waals surface area contributed by atoms with Crippen molar-refractivity contribution in [3.63, 3.8) is 0 Å². The molecule has 0 radical (unpaired) electrons. The van der Waals surface area contributed by atoms with Crippen molar-refractivity contribution in [2.45, 2.75) is 45.6 Å². The van der Waals surface area contributed by atoms with E-state index in [-0.39, 0.29) is 17.3 Å². The molecule has 0 atom stereocenters. The molecule has 3 aromatic heterocycles. The van der Waals surface area contributed by atoms with E-state index in [1.54, 1.807) is 57.2 Å². The predicted molar refractivity (Wildman–Crippen MR) is 150 cm³/mol. The first-order valence-electron chi connectivity index (χ1n) is 12.8. The highest BCUT2D eigenvalue weighted by molar-refractivity contribution is 9.10. The average molecular weight is 629 g/mol. The summed E-state index contributed by atoms with van der Waals surface area (Å²) in [6.07, 6.45) is 2.54. The first kappa shape index (κ1) is 28.4. The molecule has 1 aliphatic carbocycles. The number of benzene rings is 1. The number of hydrogen-bond donors (Lipinski definition) is 1. The molecule has 4 aromatic rings. The van der Waals surface area contributed by atoms with Crippen LogP contribution in [0.15, 0.2) is 63.9 Å². The van der Waals surface area contributed by atoms with Crippen LogP contribution in [0.2, 0.25) is 0 Å². The van der Waals surface area contributed by atoms with Crippen LogP contribution in [-0.4, -0.2) is 43.9 Å². The molecule has 1 N–H and O–H groups in total. The number of halogens is 3. The molecule has 10 nitrogen and oxygen atoms in total. The number of ether oxygens (including phenoxy) is 1. The van der Waals surface area contributed by atoms with Gasteiger partial charge < -0.3 is 14.5 Å². The molecular formula is C28H27BrF2N6O4. The average Bonchev–Trinajstić information content (AvgIpc) is 3.41. The number of nitrogens with zero attached hydrogens (tertiary/aromatic N) is 5. The Morgan fingerprint density at radius 3 is 2.61 bits per heavy atom. The van der Waals surface area contributed by atoms with Crippen molar-refractivity contribution in [1.82, 2.24) is 19.7 Å². The molecule has 214 valence electrons. The maximum absolute atomic E-state index is 13.7. The molecule has 1 fully saturated rings. The highest BCUT2D eigenvalue weighted by Crippen LogP contribution is 2.33. The van der Waals surface area contributed by atoms with E-state index in [0.29, 0.717) is 29.5 Å². The second kappa shape index (κ2) is 11.4. The van der Waals surface area contributed by atoms with Crippen molar-refractivity contribution >= 4 is 39.4 Å². The van der Waals surface area contributed by atoms with E-state index < -0.39 is 29.7 Å². The summed E-state index contributed by atoms with van der Waals surface area (Å²) in [5.74, 6) is 0.0655. The Morgan fingerprint density at radius 2 is 1.95 bits per heavy atom. The fourth-order valence-corrected chi connectivity index (χ4v) is 4.17. The maximum Gasteiger partial charge on any atom is 0.416 e. The topological polar surface area (TPSA) is 115 Å². The van der Waals surface area contributed by atoms with Gasteiger partial charge in [0.15, 0.2) is 11.4 Å². The molecule has 0 spiro atoms. The van der Waals surface area contributed by atoms with Crippen LogP contribution in [-0.2, 0) is 4.74 Å². The van der Waals surface area contributed by atoms with Crippen LogP contribution in [0, 0.1) is 5.92 Å². The first-order valence-corrected chi connectivity index (χ1v) is 13.6. The molecule has 3 heterocycles. The van der Waals surface area contributed by atoms with E-state index >= 15 is 0 Å². The summed E-state index contributed by atoms with van der Waals surface area (Å²) in [7, 11) is 0. The summed E-state index contributed by atoms with van der Waals surface area (Å²) >= 11 is 3.33. The van der Waals surface area contributed by atoms with Crippen molar-refractivity contribution in [2.24, 2.45) is 5.92 Å². The van der Waals surface area contributed by atoms with Gasteiger partial charge >= 0.3 is 6.09 Å². The van der Waals surface area contributed by atoms with E-state index in [4.69, 9.17) is 9.15 Å². The van der Waals surface area contributed by atoms with E-state index in [1.807, 2.05) is 0 Å². The SMILES string of the molecule is CC(C)(C)OC(=O)N(CC1CC1)c1cc(-c2nc(C(=O)Nc3cn(-c4ccc(Br)cc4)nc3C(F)F)co2)ccn1. The first-order chi connectivity index (χ1) is 19.5. The number of alkyl halides is 2. The zero-order valence-electron chi connectivity index (χ0n) is 22.5. The fraction of sp³-hybridized carbons (Fsp3) is 0.321. The number of amides is 2. The molecule has 0 unspecified atom stereocenters. The Morgan fingerprint density at radius 1 is 1.22 bits per heavy atom. The molecule has 5 rings (SSSR count). The normalized spacial score (nSPS) is 13.3. The van der Waals surface area contributed by atoms with Crippen LogP contribution in [0.25, 0.3) is 17.1 Å². The van der Waals surface area contributed by atoms with Gasteiger partial charge in [-0.25, -0.2) is 28.2 Å². The van der Waals surface area contributed by atoms with Crippen molar-refractivity contribution in [3.8, 4) is 17.1 Å².